The van der Waals surface area contributed by atoms with E-state index in [0.29, 0.717) is 17.6 Å². The lowest BCUT2D eigenvalue weighted by atomic mass is 9.63. The number of carbonyl (C=O) groups excluding carboxylic acids is 3. The van der Waals surface area contributed by atoms with E-state index in [2.05, 4.69) is 28.1 Å². The lowest BCUT2D eigenvalue weighted by Crippen LogP contribution is -2.48. The standard InChI is InChI=1S/C26H22BrNO4/c27-15-6-8-16(9-7-15)32-26(31)21(12-14-4-2-1-3-5-14)28-24(29)22-17-10-11-18(20-13-19(17)20)23(22)25(28)30/h1-11,17-23H,12-13H2/t17-,18-,19-,20+,21-,22-,23+/m0/s1. The number of allylic oxidation sites excluding steroid dienone is 2. The van der Waals surface area contributed by atoms with Crippen LogP contribution in [-0.4, -0.2) is 28.7 Å². The highest BCUT2D eigenvalue weighted by molar-refractivity contribution is 9.10. The van der Waals surface area contributed by atoms with Crippen LogP contribution in [-0.2, 0) is 20.8 Å². The number of rotatable bonds is 5. The quantitative estimate of drug-likeness (QED) is 0.274. The van der Waals surface area contributed by atoms with Crippen LogP contribution in [0.25, 0.3) is 0 Å². The molecule has 0 spiro atoms. The van der Waals surface area contributed by atoms with Crippen molar-refractivity contribution in [3.63, 3.8) is 0 Å². The maximum absolute atomic E-state index is 13.6. The van der Waals surface area contributed by atoms with Crippen LogP contribution >= 0.6 is 15.9 Å². The van der Waals surface area contributed by atoms with E-state index < -0.39 is 12.0 Å². The molecule has 7 atom stereocenters. The van der Waals surface area contributed by atoms with Gasteiger partial charge in [-0.15, -0.1) is 0 Å². The summed E-state index contributed by atoms with van der Waals surface area (Å²) < 4.78 is 6.51. The Balaban J connectivity index is 1.33. The van der Waals surface area contributed by atoms with Gasteiger partial charge >= 0.3 is 5.97 Å². The van der Waals surface area contributed by atoms with Crippen LogP contribution in [0.15, 0.2) is 71.2 Å². The fourth-order valence-electron chi connectivity index (χ4n) is 6.09. The molecule has 2 bridgehead atoms. The van der Waals surface area contributed by atoms with Gasteiger partial charge in [0, 0.05) is 10.9 Å². The van der Waals surface area contributed by atoms with Crippen molar-refractivity contribution in [2.24, 2.45) is 35.5 Å². The Morgan fingerprint density at radius 3 is 2.12 bits per heavy atom. The minimum Gasteiger partial charge on any atom is -0.425 e. The molecule has 0 aromatic heterocycles. The number of hydrogen-bond acceptors (Lipinski definition) is 4. The molecule has 6 heteroatoms. The Morgan fingerprint density at radius 2 is 1.53 bits per heavy atom. The van der Waals surface area contributed by atoms with E-state index >= 15 is 0 Å². The smallest absolute Gasteiger partial charge is 0.335 e. The summed E-state index contributed by atoms with van der Waals surface area (Å²) in [5.41, 5.74) is 0.879. The number of likely N-dealkylation sites (tertiary alicyclic amines) is 1. The van der Waals surface area contributed by atoms with Gasteiger partial charge in [-0.25, -0.2) is 4.79 Å². The second kappa shape index (κ2) is 7.41. The molecule has 0 N–H and O–H groups in total. The van der Waals surface area contributed by atoms with Gasteiger partial charge in [0.15, 0.2) is 0 Å². The van der Waals surface area contributed by atoms with Crippen LogP contribution in [0.1, 0.15) is 12.0 Å². The van der Waals surface area contributed by atoms with Crippen LogP contribution in [0.2, 0.25) is 0 Å². The molecule has 2 aromatic rings. The Bertz CT molecular complexity index is 1090. The van der Waals surface area contributed by atoms with Gasteiger partial charge in [0.1, 0.15) is 11.8 Å². The first-order chi connectivity index (χ1) is 15.5. The summed E-state index contributed by atoms with van der Waals surface area (Å²) in [5.74, 6) is -0.00218. The third kappa shape index (κ3) is 3.07. The molecule has 1 aliphatic heterocycles. The summed E-state index contributed by atoms with van der Waals surface area (Å²) in [7, 11) is 0. The second-order valence-corrected chi connectivity index (χ2v) is 10.2. The van der Waals surface area contributed by atoms with Crippen LogP contribution < -0.4 is 4.74 Å². The summed E-state index contributed by atoms with van der Waals surface area (Å²) in [5, 5.41) is 0. The van der Waals surface area contributed by atoms with E-state index in [1.54, 1.807) is 24.3 Å². The Labute approximate surface area is 194 Å². The fraction of sp³-hybridized carbons (Fsp3) is 0.346. The minimum absolute atomic E-state index is 0.122. The van der Waals surface area contributed by atoms with Gasteiger partial charge in [-0.2, -0.15) is 0 Å². The average molecular weight is 492 g/mol. The van der Waals surface area contributed by atoms with E-state index in [-0.39, 0.29) is 41.9 Å². The van der Waals surface area contributed by atoms with Crippen molar-refractivity contribution < 1.29 is 19.1 Å². The van der Waals surface area contributed by atoms with Crippen LogP contribution in [0.4, 0.5) is 0 Å². The van der Waals surface area contributed by atoms with Gasteiger partial charge in [-0.1, -0.05) is 58.4 Å². The molecule has 7 rings (SSSR count). The molecular weight excluding hydrogens is 470 g/mol. The van der Waals surface area contributed by atoms with Gasteiger partial charge in [0.25, 0.3) is 0 Å². The zero-order valence-electron chi connectivity index (χ0n) is 17.3. The van der Waals surface area contributed by atoms with Crippen molar-refractivity contribution in [3.05, 3.63) is 76.8 Å². The van der Waals surface area contributed by atoms with Crippen LogP contribution in [0.3, 0.4) is 0 Å². The topological polar surface area (TPSA) is 63.7 Å². The predicted molar refractivity (Wildman–Crippen MR) is 120 cm³/mol. The number of esters is 1. The largest absolute Gasteiger partial charge is 0.425 e. The van der Waals surface area contributed by atoms with Gasteiger partial charge in [-0.05, 0) is 59.9 Å². The molecule has 1 heterocycles. The van der Waals surface area contributed by atoms with Crippen LogP contribution in [0.5, 0.6) is 5.75 Å². The third-order valence-electron chi connectivity index (χ3n) is 7.58. The molecule has 0 unspecified atom stereocenters. The summed E-state index contributed by atoms with van der Waals surface area (Å²) in [4.78, 5) is 41.8. The van der Waals surface area contributed by atoms with E-state index in [1.807, 2.05) is 30.3 Å². The molecule has 5 aliphatic rings. The van der Waals surface area contributed by atoms with Gasteiger partial charge in [0.05, 0.1) is 11.8 Å². The maximum atomic E-state index is 13.6. The first-order valence-electron chi connectivity index (χ1n) is 11.1. The highest BCUT2D eigenvalue weighted by atomic mass is 79.9. The summed E-state index contributed by atoms with van der Waals surface area (Å²) in [6, 6.07) is 15.4. The summed E-state index contributed by atoms with van der Waals surface area (Å²) >= 11 is 3.37. The number of ether oxygens (including phenoxy) is 1. The Morgan fingerprint density at radius 1 is 0.938 bits per heavy atom. The van der Waals surface area contributed by atoms with Gasteiger partial charge in [0.2, 0.25) is 11.8 Å². The molecule has 32 heavy (non-hydrogen) atoms. The van der Waals surface area contributed by atoms with E-state index in [1.165, 1.54) is 4.90 Å². The molecule has 4 aliphatic carbocycles. The van der Waals surface area contributed by atoms with Gasteiger partial charge < -0.3 is 4.74 Å². The normalized spacial score (nSPS) is 32.5. The first kappa shape index (κ1) is 19.9. The van der Waals surface area contributed by atoms with Crippen molar-refractivity contribution in [2.75, 3.05) is 0 Å². The monoisotopic (exact) mass is 491 g/mol. The number of carbonyl (C=O) groups is 3. The number of nitrogens with zero attached hydrogens (tertiary/aromatic N) is 1. The minimum atomic E-state index is -0.984. The molecule has 2 amide bonds. The van der Waals surface area contributed by atoms with E-state index in [4.69, 9.17) is 4.74 Å². The Kier molecular flexibility index (Phi) is 4.61. The lowest BCUT2D eigenvalue weighted by Gasteiger charge is -2.37. The Hall–Kier alpha value is -2.73. The number of halogens is 1. The van der Waals surface area contributed by atoms with Crippen molar-refractivity contribution in [3.8, 4) is 5.75 Å². The number of benzene rings is 2. The van der Waals surface area contributed by atoms with E-state index in [0.717, 1.165) is 16.5 Å². The fourth-order valence-corrected chi connectivity index (χ4v) is 6.36. The highest BCUT2D eigenvalue weighted by Crippen LogP contribution is 2.65. The zero-order chi connectivity index (χ0) is 22.0. The summed E-state index contributed by atoms with van der Waals surface area (Å²) in [6.07, 6.45) is 5.62. The highest BCUT2D eigenvalue weighted by Gasteiger charge is 2.68. The van der Waals surface area contributed by atoms with E-state index in [9.17, 15) is 14.4 Å². The van der Waals surface area contributed by atoms with Crippen molar-refractivity contribution in [1.82, 2.24) is 4.90 Å². The van der Waals surface area contributed by atoms with Crippen molar-refractivity contribution in [1.29, 1.82) is 0 Å². The maximum Gasteiger partial charge on any atom is 0.335 e. The van der Waals surface area contributed by atoms with Gasteiger partial charge in [-0.3, -0.25) is 14.5 Å². The molecule has 2 aromatic carbocycles. The first-order valence-corrected chi connectivity index (χ1v) is 11.9. The second-order valence-electron chi connectivity index (χ2n) is 9.28. The molecule has 3 fully saturated rings. The molecule has 1 saturated heterocycles. The van der Waals surface area contributed by atoms with Crippen molar-refractivity contribution >= 4 is 33.7 Å². The summed E-state index contributed by atoms with van der Waals surface area (Å²) in [6.45, 7) is 0. The number of amides is 2. The number of imide groups is 1. The molecule has 5 nitrogen and oxygen atoms in total. The molecular formula is C26H22BrNO4. The molecule has 0 radical (unpaired) electrons. The third-order valence-corrected chi connectivity index (χ3v) is 8.11. The SMILES string of the molecule is O=C(Oc1ccc(Br)cc1)[C@H](Cc1ccccc1)N1C(=O)[C@@H]2[C@H]3C=C[C@@H]([C@@H]4C[C@H]34)[C@@H]2C1=O. The van der Waals surface area contributed by atoms with Crippen LogP contribution in [0, 0.1) is 35.5 Å². The average Bonchev–Trinajstić information content (AvgIpc) is 3.58. The lowest BCUT2D eigenvalue weighted by molar-refractivity contribution is -0.153. The number of hydrogen-bond donors (Lipinski definition) is 0. The zero-order valence-corrected chi connectivity index (χ0v) is 18.9. The predicted octanol–water partition coefficient (Wildman–Crippen LogP) is 4.02. The molecule has 2 saturated carbocycles. The molecule has 162 valence electrons. The van der Waals surface area contributed by atoms with Crippen molar-refractivity contribution in [2.45, 2.75) is 18.9 Å².